The lowest BCUT2D eigenvalue weighted by atomic mass is 10.0. The molecule has 4 nitrogen and oxygen atoms in total. The molecule has 3 N–H and O–H groups in total. The molecule has 1 amide bonds. The second kappa shape index (κ2) is 7.18. The summed E-state index contributed by atoms with van der Waals surface area (Å²) < 4.78 is 0. The first-order valence-electron chi connectivity index (χ1n) is 5.82. The third kappa shape index (κ3) is 4.89. The van der Waals surface area contributed by atoms with Crippen LogP contribution < -0.4 is 10.5 Å². The zero-order valence-electron chi connectivity index (χ0n) is 10.6. The highest BCUT2D eigenvalue weighted by molar-refractivity contribution is 7.97. The number of hydrogen-bond donors (Lipinski definition) is 2. The van der Waals surface area contributed by atoms with Crippen molar-refractivity contribution in [3.8, 4) is 0 Å². The summed E-state index contributed by atoms with van der Waals surface area (Å²) in [6, 6.07) is 7.28. The number of ketones is 1. The first kappa shape index (κ1) is 14.7. The Morgan fingerprint density at radius 3 is 2.67 bits per heavy atom. The van der Waals surface area contributed by atoms with Gasteiger partial charge in [-0.15, -0.1) is 0 Å². The monoisotopic (exact) mass is 266 g/mol. The predicted molar refractivity (Wildman–Crippen MR) is 74.2 cm³/mol. The lowest BCUT2D eigenvalue weighted by Gasteiger charge is -2.07. The fourth-order valence-corrected chi connectivity index (χ4v) is 1.75. The van der Waals surface area contributed by atoms with Gasteiger partial charge in [0.15, 0.2) is 0 Å². The minimum absolute atomic E-state index is 0.0187. The Morgan fingerprint density at radius 1 is 1.33 bits per heavy atom. The molecule has 1 aromatic rings. The van der Waals surface area contributed by atoms with Gasteiger partial charge in [0.05, 0.1) is 0 Å². The number of carbonyl (C=O) groups is 2. The average molecular weight is 266 g/mol. The molecule has 0 radical (unpaired) electrons. The van der Waals surface area contributed by atoms with Gasteiger partial charge in [-0.25, -0.2) is 0 Å². The summed E-state index contributed by atoms with van der Waals surface area (Å²) >= 11 is 1.13. The van der Waals surface area contributed by atoms with Crippen LogP contribution in [-0.4, -0.2) is 11.7 Å². The Morgan fingerprint density at radius 2 is 2.06 bits per heavy atom. The molecule has 0 aromatic heterocycles. The van der Waals surface area contributed by atoms with E-state index >= 15 is 0 Å². The first-order valence-corrected chi connectivity index (χ1v) is 6.70. The largest absolute Gasteiger partial charge is 0.326 e. The molecule has 0 aliphatic rings. The normalized spacial score (nSPS) is 10.4. The van der Waals surface area contributed by atoms with Crippen molar-refractivity contribution in [2.24, 2.45) is 11.1 Å². The van der Waals surface area contributed by atoms with Crippen molar-refractivity contribution in [2.45, 2.75) is 31.6 Å². The molecule has 1 rings (SSSR count). The molecule has 1 aromatic carbocycles. The lowest BCUT2D eigenvalue weighted by Crippen LogP contribution is -2.15. The molecule has 0 spiro atoms. The van der Waals surface area contributed by atoms with Crippen LogP contribution in [0.15, 0.2) is 29.2 Å². The van der Waals surface area contributed by atoms with Crippen LogP contribution >= 0.6 is 11.9 Å². The molecule has 98 valence electrons. The van der Waals surface area contributed by atoms with E-state index in [0.717, 1.165) is 16.8 Å². The van der Waals surface area contributed by atoms with E-state index in [2.05, 4.69) is 5.32 Å². The molecule has 0 bridgehead atoms. The van der Waals surface area contributed by atoms with E-state index in [9.17, 15) is 9.59 Å². The van der Waals surface area contributed by atoms with Gasteiger partial charge in [0.2, 0.25) is 5.91 Å². The van der Waals surface area contributed by atoms with E-state index in [0.29, 0.717) is 5.69 Å². The second-order valence-corrected chi connectivity index (χ2v) is 5.02. The number of nitrogens with one attached hydrogen (secondary N) is 1. The van der Waals surface area contributed by atoms with Gasteiger partial charge < -0.3 is 5.32 Å². The molecule has 0 unspecified atom stereocenters. The summed E-state index contributed by atoms with van der Waals surface area (Å²) in [6.07, 6.45) is 0.506. The van der Waals surface area contributed by atoms with Crippen LogP contribution in [0.25, 0.3) is 0 Å². The van der Waals surface area contributed by atoms with E-state index in [-0.39, 0.29) is 30.4 Å². The molecule has 0 saturated heterocycles. The number of anilines is 1. The molecular formula is C13H18N2O2S. The predicted octanol–water partition coefficient (Wildman–Crippen LogP) is 2.60. The summed E-state index contributed by atoms with van der Waals surface area (Å²) in [5.41, 5.74) is 0.701. The topological polar surface area (TPSA) is 72.2 Å². The minimum Gasteiger partial charge on any atom is -0.326 e. The van der Waals surface area contributed by atoms with Crippen molar-refractivity contribution in [1.82, 2.24) is 0 Å². The summed E-state index contributed by atoms with van der Waals surface area (Å²) in [6.45, 7) is 3.67. The molecule has 18 heavy (non-hydrogen) atoms. The second-order valence-electron chi connectivity index (χ2n) is 4.31. The number of carbonyl (C=O) groups excluding carboxylic acids is 2. The number of hydrogen-bond acceptors (Lipinski definition) is 4. The average Bonchev–Trinajstić information content (AvgIpc) is 2.36. The molecule has 0 aliphatic carbocycles. The highest BCUT2D eigenvalue weighted by atomic mass is 32.2. The zero-order valence-corrected chi connectivity index (χ0v) is 11.4. The fraction of sp³-hybridized carbons (Fsp3) is 0.385. The van der Waals surface area contributed by atoms with Crippen molar-refractivity contribution in [3.05, 3.63) is 24.3 Å². The summed E-state index contributed by atoms with van der Waals surface area (Å²) in [7, 11) is 0. The first-order chi connectivity index (χ1) is 8.52. The lowest BCUT2D eigenvalue weighted by molar-refractivity contribution is -0.124. The van der Waals surface area contributed by atoms with Crippen LogP contribution in [0.2, 0.25) is 0 Å². The Labute approximate surface area is 111 Å². The van der Waals surface area contributed by atoms with Crippen LogP contribution in [0.3, 0.4) is 0 Å². The van der Waals surface area contributed by atoms with Gasteiger partial charge in [0.25, 0.3) is 0 Å². The van der Waals surface area contributed by atoms with Crippen molar-refractivity contribution >= 4 is 29.3 Å². The van der Waals surface area contributed by atoms with Crippen molar-refractivity contribution in [2.75, 3.05) is 5.32 Å². The van der Waals surface area contributed by atoms with E-state index in [4.69, 9.17) is 5.14 Å². The number of benzene rings is 1. The molecule has 5 heteroatoms. The third-order valence-corrected chi connectivity index (χ3v) is 3.02. The van der Waals surface area contributed by atoms with Gasteiger partial charge in [-0.2, -0.15) is 0 Å². The molecule has 0 aliphatic heterocycles. The van der Waals surface area contributed by atoms with E-state index in [1.807, 2.05) is 26.0 Å². The Hall–Kier alpha value is -1.33. The molecule has 0 atom stereocenters. The standard InChI is InChI=1S/C13H18N2O2S/c1-9(2)12(16)6-7-13(17)15-10-4-3-5-11(8-10)18-14/h3-5,8-9H,6-7,14H2,1-2H3,(H,15,17). The Kier molecular flexibility index (Phi) is 5.88. The van der Waals surface area contributed by atoms with Gasteiger partial charge >= 0.3 is 0 Å². The van der Waals surface area contributed by atoms with Gasteiger partial charge in [-0.1, -0.05) is 19.9 Å². The van der Waals surface area contributed by atoms with Gasteiger partial charge in [-0.05, 0) is 30.1 Å². The highest BCUT2D eigenvalue weighted by Crippen LogP contribution is 2.17. The molecule has 0 fully saturated rings. The quantitative estimate of drug-likeness (QED) is 0.776. The number of Topliss-reactive ketones (excluding diaryl/α,β-unsaturated/α-hetero) is 1. The van der Waals surface area contributed by atoms with E-state index in [1.165, 1.54) is 0 Å². The summed E-state index contributed by atoms with van der Waals surface area (Å²) in [5.74, 6) is -0.0608. The third-order valence-electron chi connectivity index (χ3n) is 2.50. The SMILES string of the molecule is CC(C)C(=O)CCC(=O)Nc1cccc(SN)c1. The van der Waals surface area contributed by atoms with Gasteiger partial charge in [-0.3, -0.25) is 14.7 Å². The maximum absolute atomic E-state index is 11.6. The summed E-state index contributed by atoms with van der Waals surface area (Å²) in [5, 5.41) is 8.19. The number of amides is 1. The van der Waals surface area contributed by atoms with Crippen molar-refractivity contribution < 1.29 is 9.59 Å². The van der Waals surface area contributed by atoms with E-state index < -0.39 is 0 Å². The van der Waals surface area contributed by atoms with Crippen molar-refractivity contribution in [1.29, 1.82) is 0 Å². The number of nitrogens with two attached hydrogens (primary N) is 1. The van der Waals surface area contributed by atoms with E-state index in [1.54, 1.807) is 12.1 Å². The van der Waals surface area contributed by atoms with Crippen LogP contribution in [-0.2, 0) is 9.59 Å². The molecule has 0 saturated carbocycles. The van der Waals surface area contributed by atoms with Gasteiger partial charge in [0, 0.05) is 29.3 Å². The zero-order chi connectivity index (χ0) is 13.5. The van der Waals surface area contributed by atoms with Crippen LogP contribution in [0.1, 0.15) is 26.7 Å². The van der Waals surface area contributed by atoms with Crippen molar-refractivity contribution in [3.63, 3.8) is 0 Å². The minimum atomic E-state index is -0.150. The Balaban J connectivity index is 2.47. The van der Waals surface area contributed by atoms with Gasteiger partial charge in [0.1, 0.15) is 5.78 Å². The maximum atomic E-state index is 11.6. The number of rotatable bonds is 6. The fourth-order valence-electron chi connectivity index (χ4n) is 1.40. The molecule has 0 heterocycles. The Bertz CT molecular complexity index is 433. The summed E-state index contributed by atoms with van der Waals surface area (Å²) in [4.78, 5) is 23.9. The van der Waals surface area contributed by atoms with Crippen LogP contribution in [0.5, 0.6) is 0 Å². The highest BCUT2D eigenvalue weighted by Gasteiger charge is 2.10. The molecular weight excluding hydrogens is 248 g/mol. The smallest absolute Gasteiger partial charge is 0.224 e. The van der Waals surface area contributed by atoms with Crippen LogP contribution in [0.4, 0.5) is 5.69 Å². The maximum Gasteiger partial charge on any atom is 0.224 e. The van der Waals surface area contributed by atoms with Crippen LogP contribution in [0, 0.1) is 5.92 Å².